The topological polar surface area (TPSA) is 126 Å². The van der Waals surface area contributed by atoms with Crippen molar-refractivity contribution in [2.24, 2.45) is 0 Å². The molecule has 0 radical (unpaired) electrons. The monoisotopic (exact) mass is 506 g/mol. The molecule has 11 nitrogen and oxygen atoms in total. The highest BCUT2D eigenvalue weighted by Crippen LogP contribution is 2.30. The van der Waals surface area contributed by atoms with Gasteiger partial charge in [-0.2, -0.15) is 5.10 Å². The number of hydrogen-bond donors (Lipinski definition) is 2. The predicted octanol–water partition coefficient (Wildman–Crippen LogP) is 3.93. The van der Waals surface area contributed by atoms with Gasteiger partial charge in [-0.05, 0) is 45.0 Å². The molecule has 38 heavy (non-hydrogen) atoms. The highest BCUT2D eigenvalue weighted by Gasteiger charge is 2.17. The predicted molar refractivity (Wildman–Crippen MR) is 143 cm³/mol. The van der Waals surface area contributed by atoms with E-state index in [2.05, 4.69) is 40.0 Å². The summed E-state index contributed by atoms with van der Waals surface area (Å²) in [5, 5.41) is 8.54. The Morgan fingerprint density at radius 1 is 0.974 bits per heavy atom. The number of aromatic nitrogens is 9. The van der Waals surface area contributed by atoms with Crippen molar-refractivity contribution in [2.75, 3.05) is 26.2 Å². The van der Waals surface area contributed by atoms with Gasteiger partial charge in [-0.25, -0.2) is 9.97 Å². The van der Waals surface area contributed by atoms with Crippen molar-refractivity contribution in [1.29, 1.82) is 0 Å². The van der Waals surface area contributed by atoms with E-state index < -0.39 is 0 Å². The molecule has 0 aromatic carbocycles. The van der Waals surface area contributed by atoms with Gasteiger partial charge in [0.2, 0.25) is 0 Å². The lowest BCUT2D eigenvalue weighted by Crippen LogP contribution is -2.25. The minimum absolute atomic E-state index is 0.644. The number of ether oxygens (including phenoxy) is 1. The van der Waals surface area contributed by atoms with Crippen molar-refractivity contribution in [3.05, 3.63) is 61.3 Å². The Morgan fingerprint density at radius 2 is 1.87 bits per heavy atom. The summed E-state index contributed by atoms with van der Waals surface area (Å²) in [5.41, 5.74) is 6.57. The maximum atomic E-state index is 6.00. The molecule has 0 unspecified atom stereocenters. The second-order valence-corrected chi connectivity index (χ2v) is 9.56. The second-order valence-electron chi connectivity index (χ2n) is 9.56. The van der Waals surface area contributed by atoms with E-state index in [4.69, 9.17) is 9.72 Å². The number of likely N-dealkylation sites (tertiary alicyclic amines) is 1. The summed E-state index contributed by atoms with van der Waals surface area (Å²) >= 11 is 0. The number of aryl methyl sites for hydroxylation is 1. The fourth-order valence-corrected chi connectivity index (χ4v) is 4.96. The number of nitrogens with one attached hydrogen (secondary N) is 2. The van der Waals surface area contributed by atoms with Crippen LogP contribution in [0.4, 0.5) is 0 Å². The fourth-order valence-electron chi connectivity index (χ4n) is 4.96. The van der Waals surface area contributed by atoms with Crippen LogP contribution in [0, 0.1) is 6.92 Å². The summed E-state index contributed by atoms with van der Waals surface area (Å²) < 4.78 is 7.92. The third-order valence-corrected chi connectivity index (χ3v) is 6.92. The molecule has 11 heteroatoms. The smallest absolute Gasteiger partial charge is 0.159 e. The van der Waals surface area contributed by atoms with E-state index >= 15 is 0 Å². The van der Waals surface area contributed by atoms with Crippen LogP contribution in [0.3, 0.4) is 0 Å². The minimum atomic E-state index is 0.644. The Morgan fingerprint density at radius 3 is 2.74 bits per heavy atom. The lowest BCUT2D eigenvalue weighted by atomic mass is 10.1. The van der Waals surface area contributed by atoms with E-state index in [1.54, 1.807) is 37.3 Å². The van der Waals surface area contributed by atoms with Crippen molar-refractivity contribution < 1.29 is 4.74 Å². The number of hydrogen-bond acceptors (Lipinski definition) is 8. The average molecular weight is 507 g/mol. The van der Waals surface area contributed by atoms with E-state index in [1.807, 2.05) is 29.8 Å². The molecule has 1 saturated heterocycles. The summed E-state index contributed by atoms with van der Waals surface area (Å²) in [6.07, 6.45) is 15.1. The minimum Gasteiger partial charge on any atom is -0.491 e. The normalized spacial score (nSPS) is 14.1. The molecule has 0 saturated carbocycles. The first-order valence-electron chi connectivity index (χ1n) is 12.7. The third-order valence-electron chi connectivity index (χ3n) is 6.92. The van der Waals surface area contributed by atoms with Gasteiger partial charge in [0.25, 0.3) is 0 Å². The Balaban J connectivity index is 1.20. The van der Waals surface area contributed by atoms with Crippen LogP contribution in [0.2, 0.25) is 0 Å². The molecule has 1 aliphatic heterocycles. The van der Waals surface area contributed by atoms with Gasteiger partial charge in [0, 0.05) is 29.9 Å². The molecule has 0 atom stereocenters. The molecule has 2 N–H and O–H groups in total. The van der Waals surface area contributed by atoms with Gasteiger partial charge in [-0.3, -0.25) is 25.0 Å². The maximum absolute atomic E-state index is 6.00. The third kappa shape index (κ3) is 4.16. The molecule has 190 valence electrons. The van der Waals surface area contributed by atoms with Crippen LogP contribution in [0.1, 0.15) is 18.5 Å². The van der Waals surface area contributed by atoms with E-state index in [9.17, 15) is 0 Å². The molecular weight excluding hydrogens is 480 g/mol. The van der Waals surface area contributed by atoms with Crippen molar-refractivity contribution in [3.8, 4) is 34.2 Å². The van der Waals surface area contributed by atoms with Crippen LogP contribution < -0.4 is 4.74 Å². The maximum Gasteiger partial charge on any atom is 0.159 e. The zero-order valence-electron chi connectivity index (χ0n) is 20.9. The summed E-state index contributed by atoms with van der Waals surface area (Å²) in [4.78, 5) is 28.4. The van der Waals surface area contributed by atoms with Crippen LogP contribution in [0.25, 0.3) is 50.4 Å². The van der Waals surface area contributed by atoms with Gasteiger partial charge in [0.15, 0.2) is 5.82 Å². The quantitative estimate of drug-likeness (QED) is 0.334. The number of pyridine rings is 3. The van der Waals surface area contributed by atoms with Crippen molar-refractivity contribution in [2.45, 2.75) is 19.8 Å². The van der Waals surface area contributed by atoms with Gasteiger partial charge < -0.3 is 14.3 Å². The van der Waals surface area contributed by atoms with Crippen LogP contribution in [-0.4, -0.2) is 75.8 Å². The van der Waals surface area contributed by atoms with E-state index in [0.717, 1.165) is 70.0 Å². The van der Waals surface area contributed by atoms with Crippen molar-refractivity contribution >= 4 is 21.9 Å². The molecule has 1 fully saturated rings. The van der Waals surface area contributed by atoms with Gasteiger partial charge in [0.05, 0.1) is 59.2 Å². The molecule has 0 spiro atoms. The van der Waals surface area contributed by atoms with Crippen LogP contribution in [0.5, 0.6) is 5.75 Å². The Labute approximate surface area is 218 Å². The Bertz CT molecular complexity index is 1740. The first-order chi connectivity index (χ1) is 18.7. The number of imidazole rings is 2. The lowest BCUT2D eigenvalue weighted by molar-refractivity contribution is 0.237. The molecule has 1 aliphatic rings. The SMILES string of the molecule is Cc1cn(-c2cncc3[nH]c(-c4n[nH]c5cnc(-c6cncc(OCCN7CCCC7)c6)cc45)nc23)cn1. The highest BCUT2D eigenvalue weighted by atomic mass is 16.5. The van der Waals surface area contributed by atoms with Gasteiger partial charge in [-0.1, -0.05) is 0 Å². The Hall–Kier alpha value is -4.64. The van der Waals surface area contributed by atoms with E-state index in [-0.39, 0.29) is 0 Å². The molecule has 7 heterocycles. The molecule has 0 bridgehead atoms. The number of nitrogens with zero attached hydrogens (tertiary/aromatic N) is 8. The number of rotatable bonds is 7. The first kappa shape index (κ1) is 22.5. The number of fused-ring (bicyclic) bond motifs is 2. The largest absolute Gasteiger partial charge is 0.491 e. The van der Waals surface area contributed by atoms with Gasteiger partial charge in [-0.15, -0.1) is 0 Å². The molecular formula is C27H26N10O. The zero-order valence-corrected chi connectivity index (χ0v) is 20.9. The van der Waals surface area contributed by atoms with Crippen LogP contribution in [-0.2, 0) is 0 Å². The summed E-state index contributed by atoms with van der Waals surface area (Å²) in [5.74, 6) is 1.38. The molecule has 6 aromatic heterocycles. The summed E-state index contributed by atoms with van der Waals surface area (Å²) in [6, 6.07) is 3.99. The molecule has 0 amide bonds. The van der Waals surface area contributed by atoms with Crippen LogP contribution >= 0.6 is 0 Å². The van der Waals surface area contributed by atoms with E-state index in [1.165, 1.54) is 12.8 Å². The molecule has 6 aromatic rings. The second kappa shape index (κ2) is 9.34. The lowest BCUT2D eigenvalue weighted by Gasteiger charge is -2.15. The van der Waals surface area contributed by atoms with Crippen LogP contribution in [0.15, 0.2) is 55.6 Å². The Kier molecular flexibility index (Phi) is 5.54. The summed E-state index contributed by atoms with van der Waals surface area (Å²) in [6.45, 7) is 5.84. The highest BCUT2D eigenvalue weighted by molar-refractivity contribution is 5.95. The van der Waals surface area contributed by atoms with Crippen molar-refractivity contribution in [3.63, 3.8) is 0 Å². The van der Waals surface area contributed by atoms with Gasteiger partial charge >= 0.3 is 0 Å². The first-order valence-corrected chi connectivity index (χ1v) is 12.7. The van der Waals surface area contributed by atoms with Crippen molar-refractivity contribution in [1.82, 2.24) is 49.6 Å². The van der Waals surface area contributed by atoms with E-state index in [0.29, 0.717) is 18.1 Å². The number of H-pyrrole nitrogens is 2. The zero-order chi connectivity index (χ0) is 25.5. The average Bonchev–Trinajstić information content (AvgIpc) is 3.74. The summed E-state index contributed by atoms with van der Waals surface area (Å²) in [7, 11) is 0. The number of aromatic amines is 2. The fraction of sp³-hybridized carbons (Fsp3) is 0.259. The molecule has 0 aliphatic carbocycles. The molecule has 7 rings (SSSR count). The standard InChI is InChI=1S/C27H26N10O/c1-17-15-37(16-31-17)24-14-29-12-23-26(24)33-27(32-23)25-20-9-21(30-13-22(20)34-35-25)18-8-19(11-28-10-18)38-7-6-36-4-2-3-5-36/h8-16H,2-7H2,1H3,(H,32,33)(H,34,35). The van der Waals surface area contributed by atoms with Gasteiger partial charge in [0.1, 0.15) is 23.6 Å².